The Balaban J connectivity index is 0.00000232. The molecule has 0 aliphatic heterocycles. The van der Waals surface area contributed by atoms with Crippen molar-refractivity contribution in [1.29, 1.82) is 0 Å². The lowest BCUT2D eigenvalue weighted by molar-refractivity contribution is -0.122. The highest BCUT2D eigenvalue weighted by atomic mass is 16.5. The molecule has 0 saturated heterocycles. The van der Waals surface area contributed by atoms with Gasteiger partial charge in [0.15, 0.2) is 0 Å². The summed E-state index contributed by atoms with van der Waals surface area (Å²) >= 11 is 0. The van der Waals surface area contributed by atoms with Crippen LogP contribution in [-0.4, -0.2) is 49.1 Å². The number of hydrogen-bond donors (Lipinski definition) is 3. The summed E-state index contributed by atoms with van der Waals surface area (Å²) in [6.45, 7) is 30.1. The highest BCUT2D eigenvalue weighted by Gasteiger charge is 2.56. The van der Waals surface area contributed by atoms with Gasteiger partial charge in [-0.3, -0.25) is 4.79 Å². The van der Waals surface area contributed by atoms with Gasteiger partial charge in [0.05, 0.1) is 19.3 Å². The summed E-state index contributed by atoms with van der Waals surface area (Å²) in [4.78, 5) is 8.36. The Kier molecular flexibility index (Phi) is 19.2. The maximum Gasteiger partial charge on any atom is 0.290 e. The molecule has 0 aromatic carbocycles. The van der Waals surface area contributed by atoms with Crippen molar-refractivity contribution in [1.82, 2.24) is 5.32 Å². The van der Waals surface area contributed by atoms with Crippen molar-refractivity contribution in [3.8, 4) is 0 Å². The molecular weight excluding hydrogens is 534 g/mol. The Bertz CT molecular complexity index is 789. The van der Waals surface area contributed by atoms with Crippen LogP contribution >= 0.6 is 0 Å². The molecule has 9 unspecified atom stereocenters. The monoisotopic (exact) mass is 610 g/mol. The van der Waals surface area contributed by atoms with E-state index in [1.165, 1.54) is 44.9 Å². The van der Waals surface area contributed by atoms with Crippen LogP contribution in [0, 0.1) is 51.8 Å². The standard InChI is InChI=1S/C33H61NO2.2C2H6.CH2O2/c1-11-29(36-20-30(34-10)31(5,6)7)23(4)26-14-15-27-28(33(26,9)21-35)13-12-25-19-24(18-22(2)3)16-17-32(25,27)8;2*1-2;2-1-3/h13,22-27,29-30,34-35H,11-12,14-21H2,1-10H3;2*1-2H3;1H,(H,2,3). The molecule has 256 valence electrons. The molecule has 5 nitrogen and oxygen atoms in total. The molecule has 0 aromatic rings. The fourth-order valence-electron chi connectivity index (χ4n) is 8.91. The summed E-state index contributed by atoms with van der Waals surface area (Å²) in [6.07, 6.45) is 13.2. The van der Waals surface area contributed by atoms with Crippen molar-refractivity contribution in [2.45, 2.75) is 154 Å². The fourth-order valence-corrected chi connectivity index (χ4v) is 8.91. The second-order valence-electron chi connectivity index (χ2n) is 15.1. The van der Waals surface area contributed by atoms with Crippen molar-refractivity contribution in [2.75, 3.05) is 20.3 Å². The van der Waals surface area contributed by atoms with E-state index < -0.39 is 0 Å². The van der Waals surface area contributed by atoms with Crippen LogP contribution in [0.2, 0.25) is 0 Å². The summed E-state index contributed by atoms with van der Waals surface area (Å²) in [5.74, 6) is 4.09. The van der Waals surface area contributed by atoms with E-state index in [2.05, 4.69) is 73.7 Å². The minimum atomic E-state index is -0.250. The number of carboxylic acid groups (broad SMARTS) is 1. The number of aliphatic hydroxyl groups excluding tert-OH is 1. The van der Waals surface area contributed by atoms with Gasteiger partial charge >= 0.3 is 0 Å². The molecule has 0 spiro atoms. The van der Waals surface area contributed by atoms with Crippen molar-refractivity contribution < 1.29 is 19.7 Å². The number of likely N-dealkylation sites (N-methyl/N-ethyl adjacent to an activating group) is 1. The van der Waals surface area contributed by atoms with E-state index in [1.807, 2.05) is 34.7 Å². The van der Waals surface area contributed by atoms with Gasteiger partial charge in [0.2, 0.25) is 0 Å². The highest BCUT2D eigenvalue weighted by molar-refractivity contribution is 5.32. The molecule has 3 aliphatic carbocycles. The molecular formula is C38H75NO4. The maximum absolute atomic E-state index is 11.0. The van der Waals surface area contributed by atoms with Crippen LogP contribution in [0.25, 0.3) is 0 Å². The molecule has 9 atom stereocenters. The Morgan fingerprint density at radius 1 is 1.09 bits per heavy atom. The predicted molar refractivity (Wildman–Crippen MR) is 185 cm³/mol. The number of aliphatic hydroxyl groups is 1. The summed E-state index contributed by atoms with van der Waals surface area (Å²) in [6, 6.07) is 0.336. The number of hydrogen-bond acceptors (Lipinski definition) is 4. The third-order valence-corrected chi connectivity index (χ3v) is 11.3. The first-order valence-corrected chi connectivity index (χ1v) is 17.9. The van der Waals surface area contributed by atoms with Gasteiger partial charge in [-0.05, 0) is 105 Å². The lowest BCUT2D eigenvalue weighted by Crippen LogP contribution is -2.53. The van der Waals surface area contributed by atoms with Gasteiger partial charge in [0.25, 0.3) is 6.47 Å². The van der Waals surface area contributed by atoms with Gasteiger partial charge in [0, 0.05) is 11.5 Å². The van der Waals surface area contributed by atoms with E-state index in [-0.39, 0.29) is 30.0 Å². The third-order valence-electron chi connectivity index (χ3n) is 11.3. The van der Waals surface area contributed by atoms with E-state index in [0.717, 1.165) is 30.8 Å². The molecule has 0 aromatic heterocycles. The van der Waals surface area contributed by atoms with Crippen molar-refractivity contribution in [3.05, 3.63) is 11.6 Å². The largest absolute Gasteiger partial charge is 0.483 e. The molecule has 0 radical (unpaired) electrons. The van der Waals surface area contributed by atoms with E-state index >= 15 is 0 Å². The molecule has 0 bridgehead atoms. The van der Waals surface area contributed by atoms with Gasteiger partial charge in [-0.1, -0.05) is 102 Å². The van der Waals surface area contributed by atoms with Crippen LogP contribution < -0.4 is 5.32 Å². The average molecular weight is 610 g/mol. The topological polar surface area (TPSA) is 78.8 Å². The second-order valence-corrected chi connectivity index (χ2v) is 15.1. The maximum atomic E-state index is 11.0. The first kappa shape index (κ1) is 42.1. The normalized spacial score (nSPS) is 32.0. The molecule has 5 heteroatoms. The second kappa shape index (κ2) is 19.6. The number of allylic oxidation sites excluding steroid dienone is 1. The number of rotatable bonds is 10. The van der Waals surface area contributed by atoms with E-state index in [9.17, 15) is 5.11 Å². The number of carbonyl (C=O) groups is 1. The van der Waals surface area contributed by atoms with Crippen LogP contribution in [0.5, 0.6) is 0 Å². The highest BCUT2D eigenvalue weighted by Crippen LogP contribution is 2.63. The van der Waals surface area contributed by atoms with Crippen molar-refractivity contribution in [2.24, 2.45) is 51.8 Å². The molecule has 2 fully saturated rings. The molecule has 0 heterocycles. The van der Waals surface area contributed by atoms with Crippen LogP contribution in [0.3, 0.4) is 0 Å². The number of nitrogens with one attached hydrogen (secondary N) is 1. The van der Waals surface area contributed by atoms with Crippen molar-refractivity contribution >= 4 is 6.47 Å². The van der Waals surface area contributed by atoms with Gasteiger partial charge < -0.3 is 20.3 Å². The average Bonchev–Trinajstić information content (AvgIpc) is 2.97. The molecule has 0 amide bonds. The SMILES string of the molecule is CC.CC.CCC(OCC(NC)C(C)(C)C)C(C)C1CCC2C(=CCC3CC(CC(C)C)CCC32C)C1(C)CO.O=CO. The van der Waals surface area contributed by atoms with Crippen LogP contribution in [0.4, 0.5) is 0 Å². The zero-order chi connectivity index (χ0) is 33.6. The Morgan fingerprint density at radius 3 is 2.14 bits per heavy atom. The smallest absolute Gasteiger partial charge is 0.290 e. The van der Waals surface area contributed by atoms with Crippen molar-refractivity contribution in [3.63, 3.8) is 0 Å². The first-order chi connectivity index (χ1) is 20.2. The molecule has 2 saturated carbocycles. The van der Waals surface area contributed by atoms with Crippen LogP contribution in [0.1, 0.15) is 141 Å². The van der Waals surface area contributed by atoms with Gasteiger partial charge in [-0.15, -0.1) is 0 Å². The third kappa shape index (κ3) is 10.6. The fraction of sp³-hybridized carbons (Fsp3) is 0.921. The molecule has 3 N–H and O–H groups in total. The lowest BCUT2D eigenvalue weighted by Gasteiger charge is -2.60. The van der Waals surface area contributed by atoms with E-state index in [0.29, 0.717) is 29.2 Å². The Morgan fingerprint density at radius 2 is 1.67 bits per heavy atom. The molecule has 3 aliphatic rings. The minimum Gasteiger partial charge on any atom is -0.483 e. The number of ether oxygens (including phenoxy) is 1. The first-order valence-electron chi connectivity index (χ1n) is 17.9. The zero-order valence-corrected chi connectivity index (χ0v) is 31.1. The van der Waals surface area contributed by atoms with E-state index in [1.54, 1.807) is 5.57 Å². The Hall–Kier alpha value is -0.910. The van der Waals surface area contributed by atoms with Gasteiger partial charge in [0.1, 0.15) is 0 Å². The predicted octanol–water partition coefficient (Wildman–Crippen LogP) is 9.63. The summed E-state index contributed by atoms with van der Waals surface area (Å²) < 4.78 is 6.65. The Labute approximate surface area is 268 Å². The lowest BCUT2D eigenvalue weighted by atomic mass is 9.45. The van der Waals surface area contributed by atoms with Crippen LogP contribution in [0.15, 0.2) is 11.6 Å². The molecule has 3 rings (SSSR count). The summed E-state index contributed by atoms with van der Waals surface area (Å²) in [5, 5.41) is 21.3. The summed E-state index contributed by atoms with van der Waals surface area (Å²) in [5.41, 5.74) is 2.05. The van der Waals surface area contributed by atoms with Crippen LogP contribution in [-0.2, 0) is 9.53 Å². The van der Waals surface area contributed by atoms with Gasteiger partial charge in [-0.25, -0.2) is 0 Å². The minimum absolute atomic E-state index is 0.131. The zero-order valence-electron chi connectivity index (χ0n) is 31.1. The number of fused-ring (bicyclic) bond motifs is 3. The van der Waals surface area contributed by atoms with Gasteiger partial charge in [-0.2, -0.15) is 0 Å². The quantitative estimate of drug-likeness (QED) is 0.170. The summed E-state index contributed by atoms with van der Waals surface area (Å²) in [7, 11) is 2.05. The van der Waals surface area contributed by atoms with E-state index in [4.69, 9.17) is 14.6 Å². The molecule has 43 heavy (non-hydrogen) atoms.